The first-order chi connectivity index (χ1) is 10.9. The summed E-state index contributed by atoms with van der Waals surface area (Å²) in [6.07, 6.45) is 0. The van der Waals surface area contributed by atoms with Gasteiger partial charge in [-0.2, -0.15) is 9.40 Å². The average Bonchev–Trinajstić information content (AvgIpc) is 2.87. The molecule has 6 nitrogen and oxygen atoms in total. The second-order valence-corrected chi connectivity index (χ2v) is 7.82. The number of rotatable bonds is 3. The van der Waals surface area contributed by atoms with Crippen molar-refractivity contribution in [3.05, 3.63) is 41.2 Å². The van der Waals surface area contributed by atoms with E-state index in [1.165, 1.54) is 11.3 Å². The van der Waals surface area contributed by atoms with Crippen LogP contribution in [-0.2, 0) is 10.0 Å². The molecule has 0 radical (unpaired) electrons. The van der Waals surface area contributed by atoms with Crippen molar-refractivity contribution in [1.29, 1.82) is 0 Å². The number of aryl methyl sites for hydroxylation is 3. The fourth-order valence-electron chi connectivity index (χ4n) is 3.14. The second kappa shape index (κ2) is 5.98. The molecule has 1 N–H and O–H groups in total. The normalized spacial score (nSPS) is 16.7. The summed E-state index contributed by atoms with van der Waals surface area (Å²) in [6, 6.07) is 8.20. The number of hydrogen-bond acceptors (Lipinski definition) is 4. The Morgan fingerprint density at radius 3 is 2.26 bits per heavy atom. The van der Waals surface area contributed by atoms with Crippen molar-refractivity contribution in [1.82, 2.24) is 14.5 Å². The Bertz CT molecular complexity index is 786. The Labute approximate surface area is 137 Å². The third kappa shape index (κ3) is 2.86. The van der Waals surface area contributed by atoms with Crippen molar-refractivity contribution in [2.75, 3.05) is 31.1 Å². The Kier molecular flexibility index (Phi) is 4.16. The second-order valence-electron chi connectivity index (χ2n) is 5.94. The van der Waals surface area contributed by atoms with E-state index in [2.05, 4.69) is 34.2 Å². The van der Waals surface area contributed by atoms with Gasteiger partial charge in [-0.25, -0.2) is 8.42 Å². The molecule has 1 aromatic heterocycles. The number of piperazine rings is 1. The molecule has 23 heavy (non-hydrogen) atoms. The molecule has 1 aromatic carbocycles. The van der Waals surface area contributed by atoms with E-state index < -0.39 is 10.0 Å². The molecule has 0 atom stereocenters. The average molecular weight is 334 g/mol. The van der Waals surface area contributed by atoms with Crippen molar-refractivity contribution >= 4 is 15.7 Å². The van der Waals surface area contributed by atoms with Crippen LogP contribution in [0.1, 0.15) is 17.0 Å². The summed E-state index contributed by atoms with van der Waals surface area (Å²) in [4.78, 5) is 2.57. The molecule has 0 bridgehead atoms. The monoisotopic (exact) mass is 334 g/mol. The van der Waals surface area contributed by atoms with Gasteiger partial charge in [-0.05, 0) is 32.4 Å². The van der Waals surface area contributed by atoms with Crippen molar-refractivity contribution in [3.8, 4) is 0 Å². The molecule has 0 spiro atoms. The molecule has 1 fully saturated rings. The highest BCUT2D eigenvalue weighted by molar-refractivity contribution is 7.89. The molecule has 2 heterocycles. The molecule has 1 saturated heterocycles. The smallest absolute Gasteiger partial charge is 0.246 e. The minimum Gasteiger partial charge on any atom is -0.369 e. The summed E-state index contributed by atoms with van der Waals surface area (Å²) < 4.78 is 27.3. The van der Waals surface area contributed by atoms with Gasteiger partial charge in [-0.1, -0.05) is 18.2 Å². The number of sulfonamides is 1. The van der Waals surface area contributed by atoms with E-state index in [1.807, 2.05) is 12.1 Å². The van der Waals surface area contributed by atoms with Crippen LogP contribution in [0.25, 0.3) is 0 Å². The first-order valence-electron chi connectivity index (χ1n) is 7.73. The lowest BCUT2D eigenvalue weighted by Gasteiger charge is -2.36. The number of aromatic amines is 1. The summed E-state index contributed by atoms with van der Waals surface area (Å²) in [5, 5.41) is 6.77. The highest BCUT2D eigenvalue weighted by Crippen LogP contribution is 2.25. The number of nitrogens with zero attached hydrogens (tertiary/aromatic N) is 3. The van der Waals surface area contributed by atoms with Crippen LogP contribution in [0, 0.1) is 20.8 Å². The SMILES string of the molecule is Cc1ccccc1N1CCN(S(=O)(=O)c2c(C)n[nH]c2C)CC1. The van der Waals surface area contributed by atoms with Crippen LogP contribution in [0.4, 0.5) is 5.69 Å². The zero-order valence-corrected chi connectivity index (χ0v) is 14.5. The summed E-state index contributed by atoms with van der Waals surface area (Å²) in [6.45, 7) is 7.91. The van der Waals surface area contributed by atoms with E-state index in [0.717, 1.165) is 0 Å². The van der Waals surface area contributed by atoms with Crippen LogP contribution in [0.3, 0.4) is 0 Å². The molecule has 1 aliphatic rings. The highest BCUT2D eigenvalue weighted by atomic mass is 32.2. The third-order valence-electron chi connectivity index (χ3n) is 4.35. The third-order valence-corrected chi connectivity index (χ3v) is 6.52. The van der Waals surface area contributed by atoms with Crippen LogP contribution in [0.15, 0.2) is 29.2 Å². The van der Waals surface area contributed by atoms with Gasteiger partial charge < -0.3 is 4.90 Å². The van der Waals surface area contributed by atoms with Crippen molar-refractivity contribution < 1.29 is 8.42 Å². The lowest BCUT2D eigenvalue weighted by Crippen LogP contribution is -2.49. The van der Waals surface area contributed by atoms with Crippen LogP contribution >= 0.6 is 0 Å². The van der Waals surface area contributed by atoms with Gasteiger partial charge in [-0.3, -0.25) is 5.10 Å². The van der Waals surface area contributed by atoms with E-state index in [-0.39, 0.29) is 0 Å². The van der Waals surface area contributed by atoms with Gasteiger partial charge in [0.05, 0.1) is 11.4 Å². The van der Waals surface area contributed by atoms with E-state index in [4.69, 9.17) is 0 Å². The largest absolute Gasteiger partial charge is 0.369 e. The van der Waals surface area contributed by atoms with Crippen LogP contribution in [0.5, 0.6) is 0 Å². The van der Waals surface area contributed by atoms with Crippen LogP contribution in [-0.4, -0.2) is 49.1 Å². The van der Waals surface area contributed by atoms with E-state index in [0.29, 0.717) is 42.5 Å². The van der Waals surface area contributed by atoms with Crippen LogP contribution in [0.2, 0.25) is 0 Å². The van der Waals surface area contributed by atoms with Gasteiger partial charge in [-0.15, -0.1) is 0 Å². The first-order valence-corrected chi connectivity index (χ1v) is 9.17. The molecule has 7 heteroatoms. The fraction of sp³-hybridized carbons (Fsp3) is 0.438. The summed E-state index contributed by atoms with van der Waals surface area (Å²) >= 11 is 0. The standard InChI is InChI=1S/C16H22N4O2S/c1-12-6-4-5-7-15(12)19-8-10-20(11-9-19)23(21,22)16-13(2)17-18-14(16)3/h4-7H,8-11H2,1-3H3,(H,17,18). The topological polar surface area (TPSA) is 69.3 Å². The lowest BCUT2D eigenvalue weighted by atomic mass is 10.1. The molecule has 2 aromatic rings. The van der Waals surface area contributed by atoms with Crippen molar-refractivity contribution in [2.24, 2.45) is 0 Å². The van der Waals surface area contributed by atoms with E-state index in [1.54, 1.807) is 18.2 Å². The van der Waals surface area contributed by atoms with Gasteiger partial charge >= 0.3 is 0 Å². The molecule has 3 rings (SSSR count). The van der Waals surface area contributed by atoms with E-state index >= 15 is 0 Å². The van der Waals surface area contributed by atoms with Gasteiger partial charge in [0.2, 0.25) is 10.0 Å². The Balaban J connectivity index is 1.78. The molecule has 1 aliphatic heterocycles. The fourth-order valence-corrected chi connectivity index (χ4v) is 4.89. The predicted molar refractivity (Wildman–Crippen MR) is 90.2 cm³/mol. The molecule has 124 valence electrons. The van der Waals surface area contributed by atoms with Crippen molar-refractivity contribution in [2.45, 2.75) is 25.7 Å². The molecule has 0 amide bonds. The summed E-state index contributed by atoms with van der Waals surface area (Å²) in [7, 11) is -3.48. The number of nitrogens with one attached hydrogen (secondary N) is 1. The Hall–Kier alpha value is -1.86. The number of para-hydroxylation sites is 1. The lowest BCUT2D eigenvalue weighted by molar-refractivity contribution is 0.384. The number of benzene rings is 1. The minimum atomic E-state index is -3.48. The molecular formula is C16H22N4O2S. The van der Waals surface area contributed by atoms with Gasteiger partial charge in [0.25, 0.3) is 0 Å². The predicted octanol–water partition coefficient (Wildman–Crippen LogP) is 1.85. The zero-order chi connectivity index (χ0) is 16.6. The number of hydrogen-bond donors (Lipinski definition) is 1. The first kappa shape index (κ1) is 16.0. The van der Waals surface area contributed by atoms with Gasteiger partial charge in [0, 0.05) is 31.9 Å². The number of aromatic nitrogens is 2. The zero-order valence-electron chi connectivity index (χ0n) is 13.7. The van der Waals surface area contributed by atoms with Crippen molar-refractivity contribution in [3.63, 3.8) is 0 Å². The van der Waals surface area contributed by atoms with Gasteiger partial charge in [0.15, 0.2) is 0 Å². The Morgan fingerprint density at radius 2 is 1.70 bits per heavy atom. The number of anilines is 1. The van der Waals surface area contributed by atoms with Crippen LogP contribution < -0.4 is 4.90 Å². The summed E-state index contributed by atoms with van der Waals surface area (Å²) in [5.41, 5.74) is 3.53. The van der Waals surface area contributed by atoms with Gasteiger partial charge in [0.1, 0.15) is 4.90 Å². The minimum absolute atomic E-state index is 0.321. The molecule has 0 aliphatic carbocycles. The maximum Gasteiger partial charge on any atom is 0.246 e. The maximum atomic E-state index is 12.8. The molecule has 0 saturated carbocycles. The highest BCUT2D eigenvalue weighted by Gasteiger charge is 2.32. The molecule has 0 unspecified atom stereocenters. The quantitative estimate of drug-likeness (QED) is 0.930. The summed E-state index contributed by atoms with van der Waals surface area (Å²) in [5.74, 6) is 0. The maximum absolute atomic E-state index is 12.8. The molecular weight excluding hydrogens is 312 g/mol. The number of H-pyrrole nitrogens is 1. The Morgan fingerprint density at radius 1 is 1.04 bits per heavy atom. The van der Waals surface area contributed by atoms with E-state index in [9.17, 15) is 8.42 Å².